The Bertz CT molecular complexity index is 654. The van der Waals surface area contributed by atoms with E-state index in [1.165, 1.54) is 29.6 Å². The first kappa shape index (κ1) is 14.2. The molecule has 3 heteroatoms. The molecule has 0 spiro atoms. The molecule has 0 radical (unpaired) electrons. The van der Waals surface area contributed by atoms with Crippen LogP contribution in [0.15, 0.2) is 36.8 Å². The number of nitrogens with zero attached hydrogens (tertiary/aromatic N) is 3. The van der Waals surface area contributed by atoms with E-state index in [0.29, 0.717) is 12.0 Å². The van der Waals surface area contributed by atoms with Crippen LogP contribution >= 0.6 is 0 Å². The van der Waals surface area contributed by atoms with Crippen molar-refractivity contribution in [2.24, 2.45) is 0 Å². The Labute approximate surface area is 127 Å². The molecular weight excluding hydrogens is 258 g/mol. The Hall–Kier alpha value is -1.77. The van der Waals surface area contributed by atoms with Crippen molar-refractivity contribution >= 4 is 11.0 Å². The summed E-state index contributed by atoms with van der Waals surface area (Å²) in [6.45, 7) is 12.9. The van der Waals surface area contributed by atoms with E-state index in [-0.39, 0.29) is 0 Å². The molecule has 0 saturated carbocycles. The fourth-order valence-electron chi connectivity index (χ4n) is 3.22. The zero-order valence-electron chi connectivity index (χ0n) is 13.3. The van der Waals surface area contributed by atoms with Gasteiger partial charge < -0.3 is 9.47 Å². The van der Waals surface area contributed by atoms with Gasteiger partial charge in [0.1, 0.15) is 0 Å². The third kappa shape index (κ3) is 2.69. The predicted molar refractivity (Wildman–Crippen MR) is 88.5 cm³/mol. The van der Waals surface area contributed by atoms with Crippen molar-refractivity contribution in [1.29, 1.82) is 0 Å². The van der Waals surface area contributed by atoms with Crippen LogP contribution in [0.4, 0.5) is 0 Å². The summed E-state index contributed by atoms with van der Waals surface area (Å²) in [7, 11) is 0. The zero-order chi connectivity index (χ0) is 15.0. The second-order valence-electron chi connectivity index (χ2n) is 6.53. The first-order valence-corrected chi connectivity index (χ1v) is 7.93. The smallest absolute Gasteiger partial charge is 0.0961 e. The van der Waals surface area contributed by atoms with Gasteiger partial charge in [0.05, 0.1) is 23.4 Å². The Morgan fingerprint density at radius 1 is 1.38 bits per heavy atom. The van der Waals surface area contributed by atoms with Gasteiger partial charge in [-0.15, -0.1) is 0 Å². The molecule has 0 N–H and O–H groups in total. The van der Waals surface area contributed by atoms with Gasteiger partial charge in [-0.3, -0.25) is 0 Å². The van der Waals surface area contributed by atoms with E-state index in [9.17, 15) is 0 Å². The lowest BCUT2D eigenvalue weighted by Crippen LogP contribution is -2.34. The molecule has 1 aliphatic heterocycles. The third-order valence-electron chi connectivity index (χ3n) is 4.60. The Morgan fingerprint density at radius 2 is 2.19 bits per heavy atom. The number of piperidine rings is 1. The van der Waals surface area contributed by atoms with Gasteiger partial charge in [-0.2, -0.15) is 0 Å². The molecule has 2 heterocycles. The Kier molecular flexibility index (Phi) is 3.75. The van der Waals surface area contributed by atoms with E-state index in [1.54, 1.807) is 0 Å². The highest BCUT2D eigenvalue weighted by molar-refractivity contribution is 5.76. The van der Waals surface area contributed by atoms with E-state index in [1.807, 2.05) is 6.33 Å². The number of fused-ring (bicyclic) bond motifs is 1. The van der Waals surface area contributed by atoms with Gasteiger partial charge in [-0.25, -0.2) is 4.98 Å². The minimum Gasteiger partial charge on any atom is -0.373 e. The van der Waals surface area contributed by atoms with Crippen molar-refractivity contribution in [2.75, 3.05) is 13.1 Å². The average Bonchev–Trinajstić information content (AvgIpc) is 2.90. The minimum atomic E-state index is 0.503. The maximum absolute atomic E-state index is 4.59. The molecule has 1 saturated heterocycles. The molecule has 1 fully saturated rings. The lowest BCUT2D eigenvalue weighted by atomic mass is 10.0. The molecule has 0 amide bonds. The van der Waals surface area contributed by atoms with Gasteiger partial charge in [0, 0.05) is 18.8 Å². The van der Waals surface area contributed by atoms with Crippen molar-refractivity contribution in [3.63, 3.8) is 0 Å². The lowest BCUT2D eigenvalue weighted by Gasteiger charge is -2.35. The molecule has 21 heavy (non-hydrogen) atoms. The molecule has 3 nitrogen and oxygen atoms in total. The summed E-state index contributed by atoms with van der Waals surface area (Å²) >= 11 is 0. The maximum atomic E-state index is 4.59. The summed E-state index contributed by atoms with van der Waals surface area (Å²) in [5, 5.41) is 0. The number of hydrogen-bond donors (Lipinski definition) is 0. The monoisotopic (exact) mass is 283 g/mol. The number of allylic oxidation sites excluding steroid dienone is 1. The highest BCUT2D eigenvalue weighted by atomic mass is 15.2. The summed E-state index contributed by atoms with van der Waals surface area (Å²) in [6, 6.07) is 7.17. The van der Waals surface area contributed by atoms with Gasteiger partial charge in [0.25, 0.3) is 0 Å². The standard InChI is InChI=1S/C18H25N3/c1-13(2)15-7-8-17-18(10-15)21(12-19-17)16-6-5-9-20(11-16)14(3)4/h7-8,10,12-13,16H,3,5-6,9,11H2,1-2,4H3. The van der Waals surface area contributed by atoms with Crippen LogP contribution in [-0.2, 0) is 0 Å². The van der Waals surface area contributed by atoms with Gasteiger partial charge in [0.15, 0.2) is 0 Å². The summed E-state index contributed by atoms with van der Waals surface area (Å²) in [6.07, 6.45) is 4.46. The fourth-order valence-corrected chi connectivity index (χ4v) is 3.22. The largest absolute Gasteiger partial charge is 0.373 e. The normalized spacial score (nSPS) is 19.4. The Morgan fingerprint density at radius 3 is 2.90 bits per heavy atom. The van der Waals surface area contributed by atoms with Crippen LogP contribution in [0.5, 0.6) is 0 Å². The number of aromatic nitrogens is 2. The molecule has 1 aromatic heterocycles. The van der Waals surface area contributed by atoms with Crippen molar-refractivity contribution in [3.8, 4) is 0 Å². The SMILES string of the molecule is C=C(C)N1CCCC(n2cnc3ccc(C(C)C)cc32)C1. The molecular formula is C18H25N3. The second kappa shape index (κ2) is 5.55. The summed E-state index contributed by atoms with van der Waals surface area (Å²) in [4.78, 5) is 6.98. The predicted octanol–water partition coefficient (Wildman–Crippen LogP) is 4.33. The number of hydrogen-bond acceptors (Lipinski definition) is 2. The highest BCUT2D eigenvalue weighted by Crippen LogP contribution is 2.28. The molecule has 2 aromatic rings. The van der Waals surface area contributed by atoms with Crippen LogP contribution in [0.25, 0.3) is 11.0 Å². The van der Waals surface area contributed by atoms with Gasteiger partial charge >= 0.3 is 0 Å². The topological polar surface area (TPSA) is 21.1 Å². The molecule has 0 bridgehead atoms. The van der Waals surface area contributed by atoms with Crippen molar-refractivity contribution in [1.82, 2.24) is 14.5 Å². The third-order valence-corrected chi connectivity index (χ3v) is 4.60. The van der Waals surface area contributed by atoms with E-state index >= 15 is 0 Å². The number of likely N-dealkylation sites (tertiary alicyclic amines) is 1. The van der Waals surface area contributed by atoms with Crippen LogP contribution < -0.4 is 0 Å². The van der Waals surface area contributed by atoms with Crippen LogP contribution in [0, 0.1) is 0 Å². The van der Waals surface area contributed by atoms with Crippen LogP contribution in [0.2, 0.25) is 0 Å². The average molecular weight is 283 g/mol. The summed E-state index contributed by atoms with van der Waals surface area (Å²) in [5.74, 6) is 0.552. The van der Waals surface area contributed by atoms with E-state index in [4.69, 9.17) is 0 Å². The lowest BCUT2D eigenvalue weighted by molar-refractivity contribution is 0.223. The van der Waals surface area contributed by atoms with E-state index in [2.05, 4.69) is 60.0 Å². The molecule has 1 aliphatic rings. The fraction of sp³-hybridized carbons (Fsp3) is 0.500. The summed E-state index contributed by atoms with van der Waals surface area (Å²) < 4.78 is 2.37. The van der Waals surface area contributed by atoms with Crippen LogP contribution in [-0.4, -0.2) is 27.5 Å². The quantitative estimate of drug-likeness (QED) is 0.836. The van der Waals surface area contributed by atoms with E-state index in [0.717, 1.165) is 18.6 Å². The van der Waals surface area contributed by atoms with Crippen LogP contribution in [0.3, 0.4) is 0 Å². The van der Waals surface area contributed by atoms with Crippen molar-refractivity contribution < 1.29 is 0 Å². The number of rotatable bonds is 3. The zero-order valence-corrected chi connectivity index (χ0v) is 13.3. The van der Waals surface area contributed by atoms with Crippen LogP contribution in [0.1, 0.15) is 51.1 Å². The second-order valence-corrected chi connectivity index (χ2v) is 6.53. The molecule has 1 atom stereocenters. The van der Waals surface area contributed by atoms with Crippen molar-refractivity contribution in [3.05, 3.63) is 42.4 Å². The van der Waals surface area contributed by atoms with Crippen molar-refractivity contribution in [2.45, 2.75) is 45.6 Å². The van der Waals surface area contributed by atoms with E-state index < -0.39 is 0 Å². The van der Waals surface area contributed by atoms with Gasteiger partial charge in [-0.1, -0.05) is 26.5 Å². The highest BCUT2D eigenvalue weighted by Gasteiger charge is 2.22. The molecule has 1 aromatic carbocycles. The molecule has 0 aliphatic carbocycles. The molecule has 3 rings (SSSR count). The first-order valence-electron chi connectivity index (χ1n) is 7.93. The summed E-state index contributed by atoms with van der Waals surface area (Å²) in [5.41, 5.74) is 4.94. The first-order chi connectivity index (χ1) is 10.1. The van der Waals surface area contributed by atoms with Gasteiger partial charge in [0.2, 0.25) is 0 Å². The molecule has 1 unspecified atom stereocenters. The minimum absolute atomic E-state index is 0.503. The molecule has 112 valence electrons. The Balaban J connectivity index is 1.96. The maximum Gasteiger partial charge on any atom is 0.0961 e. The number of imidazole rings is 1. The number of benzene rings is 1. The van der Waals surface area contributed by atoms with Gasteiger partial charge in [-0.05, 0) is 43.4 Å².